The van der Waals surface area contributed by atoms with E-state index in [0.29, 0.717) is 6.04 Å². The molecule has 0 atom stereocenters. The first kappa shape index (κ1) is 15.4. The number of nitrogens with one attached hydrogen (secondary N) is 1. The minimum Gasteiger partial charge on any atom is -0.314 e. The van der Waals surface area contributed by atoms with Gasteiger partial charge in [0.05, 0.1) is 5.56 Å². The second-order valence-electron chi connectivity index (χ2n) is 6.39. The summed E-state index contributed by atoms with van der Waals surface area (Å²) < 4.78 is 38.1. The van der Waals surface area contributed by atoms with Gasteiger partial charge in [-0.15, -0.1) is 0 Å². The van der Waals surface area contributed by atoms with Crippen molar-refractivity contribution in [1.29, 1.82) is 0 Å². The molecule has 1 aliphatic rings. The molecule has 0 aromatic heterocycles. The summed E-state index contributed by atoms with van der Waals surface area (Å²) in [5.74, 6) is 0. The van der Waals surface area contributed by atoms with E-state index in [0.717, 1.165) is 24.1 Å². The summed E-state index contributed by atoms with van der Waals surface area (Å²) in [5.41, 5.74) is 1.04. The molecule has 1 nitrogen and oxygen atoms in total. The van der Waals surface area contributed by atoms with Gasteiger partial charge >= 0.3 is 6.18 Å². The van der Waals surface area contributed by atoms with E-state index >= 15 is 0 Å². The van der Waals surface area contributed by atoms with Crippen LogP contribution in [-0.4, -0.2) is 12.6 Å². The van der Waals surface area contributed by atoms with E-state index in [-0.39, 0.29) is 5.41 Å². The van der Waals surface area contributed by atoms with Gasteiger partial charge in [-0.2, -0.15) is 13.2 Å². The maximum atomic E-state index is 12.7. The average molecular weight is 285 g/mol. The summed E-state index contributed by atoms with van der Waals surface area (Å²) in [6, 6.07) is 4.75. The lowest BCUT2D eigenvalue weighted by Crippen LogP contribution is -2.27. The topological polar surface area (TPSA) is 12.0 Å². The van der Waals surface area contributed by atoms with Crippen LogP contribution in [0.2, 0.25) is 0 Å². The van der Waals surface area contributed by atoms with Crippen LogP contribution in [0.25, 0.3) is 0 Å². The molecule has 4 heteroatoms. The average Bonchev–Trinajstić information content (AvgIpc) is 3.11. The van der Waals surface area contributed by atoms with Crippen LogP contribution in [-0.2, 0) is 11.6 Å². The van der Waals surface area contributed by atoms with Crippen molar-refractivity contribution in [2.75, 3.05) is 6.54 Å². The number of benzene rings is 1. The van der Waals surface area contributed by atoms with Crippen LogP contribution in [0.3, 0.4) is 0 Å². The molecule has 0 radical (unpaired) electrons. The second-order valence-corrected chi connectivity index (χ2v) is 6.39. The minimum absolute atomic E-state index is 0.115. The summed E-state index contributed by atoms with van der Waals surface area (Å²) in [6.07, 6.45) is -0.837. The van der Waals surface area contributed by atoms with Gasteiger partial charge in [0, 0.05) is 6.04 Å². The summed E-state index contributed by atoms with van der Waals surface area (Å²) in [5, 5.41) is 3.46. The van der Waals surface area contributed by atoms with Crippen molar-refractivity contribution >= 4 is 0 Å². The van der Waals surface area contributed by atoms with Crippen LogP contribution in [0.15, 0.2) is 18.2 Å². The number of hydrogen-bond acceptors (Lipinski definition) is 1. The largest absolute Gasteiger partial charge is 0.416 e. The SMILES string of the molecule is Cc1cc(C(F)(F)F)ccc1C(C)(C)CCNC1CC1. The maximum absolute atomic E-state index is 12.7. The maximum Gasteiger partial charge on any atom is 0.416 e. The van der Waals surface area contributed by atoms with Crippen LogP contribution >= 0.6 is 0 Å². The Morgan fingerprint density at radius 3 is 2.35 bits per heavy atom. The number of halogens is 3. The number of aryl methyl sites for hydroxylation is 1. The van der Waals surface area contributed by atoms with Gasteiger partial charge in [0.1, 0.15) is 0 Å². The van der Waals surface area contributed by atoms with E-state index in [9.17, 15) is 13.2 Å². The smallest absolute Gasteiger partial charge is 0.314 e. The second kappa shape index (κ2) is 5.40. The molecule has 112 valence electrons. The molecule has 0 amide bonds. The molecule has 20 heavy (non-hydrogen) atoms. The van der Waals surface area contributed by atoms with Gasteiger partial charge in [0.15, 0.2) is 0 Å². The molecule has 0 unspecified atom stereocenters. The molecule has 1 fully saturated rings. The molecule has 0 saturated heterocycles. The van der Waals surface area contributed by atoms with Crippen molar-refractivity contribution in [3.05, 3.63) is 34.9 Å². The van der Waals surface area contributed by atoms with Gasteiger partial charge < -0.3 is 5.32 Å². The monoisotopic (exact) mass is 285 g/mol. The van der Waals surface area contributed by atoms with Crippen molar-refractivity contribution in [2.45, 2.75) is 57.7 Å². The van der Waals surface area contributed by atoms with E-state index in [4.69, 9.17) is 0 Å². The Morgan fingerprint density at radius 1 is 1.20 bits per heavy atom. The zero-order valence-electron chi connectivity index (χ0n) is 12.3. The first-order chi connectivity index (χ1) is 9.20. The third kappa shape index (κ3) is 3.75. The number of hydrogen-bond donors (Lipinski definition) is 1. The molecule has 1 aromatic rings. The van der Waals surface area contributed by atoms with Crippen LogP contribution in [0, 0.1) is 6.92 Å². The Bertz CT molecular complexity index is 473. The molecule has 1 aromatic carbocycles. The molecule has 1 aliphatic carbocycles. The molecule has 1 N–H and O–H groups in total. The van der Waals surface area contributed by atoms with Gasteiger partial charge in [-0.25, -0.2) is 0 Å². The third-order valence-corrected chi connectivity index (χ3v) is 4.04. The van der Waals surface area contributed by atoms with Crippen molar-refractivity contribution in [3.8, 4) is 0 Å². The Balaban J connectivity index is 2.09. The molecule has 0 bridgehead atoms. The summed E-state index contributed by atoms with van der Waals surface area (Å²) >= 11 is 0. The zero-order chi connectivity index (χ0) is 15.0. The molecule has 0 spiro atoms. The van der Waals surface area contributed by atoms with Crippen LogP contribution in [0.5, 0.6) is 0 Å². The molecular weight excluding hydrogens is 263 g/mol. The van der Waals surface area contributed by atoms with Gasteiger partial charge in [-0.1, -0.05) is 19.9 Å². The van der Waals surface area contributed by atoms with E-state index < -0.39 is 11.7 Å². The molecule has 0 heterocycles. The van der Waals surface area contributed by atoms with Crippen LogP contribution in [0.1, 0.15) is 49.8 Å². The minimum atomic E-state index is -4.26. The van der Waals surface area contributed by atoms with E-state index in [2.05, 4.69) is 19.2 Å². The highest BCUT2D eigenvalue weighted by molar-refractivity contribution is 5.37. The van der Waals surface area contributed by atoms with Gasteiger partial charge in [-0.3, -0.25) is 0 Å². The fourth-order valence-electron chi connectivity index (χ4n) is 2.61. The normalized spacial score (nSPS) is 16.5. The highest BCUT2D eigenvalue weighted by Crippen LogP contribution is 2.35. The standard InChI is InChI=1S/C16H22F3N/c1-11-10-12(16(17,18)19)4-7-14(11)15(2,3)8-9-20-13-5-6-13/h4,7,10,13,20H,5-6,8-9H2,1-3H3. The van der Waals surface area contributed by atoms with Gasteiger partial charge in [-0.05, 0) is 61.4 Å². The van der Waals surface area contributed by atoms with E-state index in [1.807, 2.05) is 0 Å². The van der Waals surface area contributed by atoms with E-state index in [1.54, 1.807) is 13.0 Å². The highest BCUT2D eigenvalue weighted by atomic mass is 19.4. The lowest BCUT2D eigenvalue weighted by atomic mass is 9.79. The van der Waals surface area contributed by atoms with Crippen molar-refractivity contribution in [2.24, 2.45) is 0 Å². The third-order valence-electron chi connectivity index (χ3n) is 4.04. The summed E-state index contributed by atoms with van der Waals surface area (Å²) in [6.45, 7) is 6.87. The quantitative estimate of drug-likeness (QED) is 0.843. The Kier molecular flexibility index (Phi) is 4.14. The van der Waals surface area contributed by atoms with Crippen molar-refractivity contribution in [1.82, 2.24) is 5.32 Å². The summed E-state index contributed by atoms with van der Waals surface area (Å²) in [7, 11) is 0. The number of rotatable bonds is 5. The fourth-order valence-corrected chi connectivity index (χ4v) is 2.61. The zero-order valence-corrected chi connectivity index (χ0v) is 12.3. The molecule has 0 aliphatic heterocycles. The molecule has 2 rings (SSSR count). The van der Waals surface area contributed by atoms with Crippen LogP contribution in [0.4, 0.5) is 13.2 Å². The van der Waals surface area contributed by atoms with Crippen LogP contribution < -0.4 is 5.32 Å². The molecule has 1 saturated carbocycles. The predicted octanol–water partition coefficient (Wildman–Crippen LogP) is 4.43. The predicted molar refractivity (Wildman–Crippen MR) is 74.8 cm³/mol. The summed E-state index contributed by atoms with van der Waals surface area (Å²) in [4.78, 5) is 0. The first-order valence-electron chi connectivity index (χ1n) is 7.12. The Labute approximate surface area is 118 Å². The van der Waals surface area contributed by atoms with Crippen molar-refractivity contribution < 1.29 is 13.2 Å². The lowest BCUT2D eigenvalue weighted by molar-refractivity contribution is -0.137. The number of alkyl halides is 3. The fraction of sp³-hybridized carbons (Fsp3) is 0.625. The van der Waals surface area contributed by atoms with Gasteiger partial charge in [0.25, 0.3) is 0 Å². The van der Waals surface area contributed by atoms with Gasteiger partial charge in [0.2, 0.25) is 0 Å². The Morgan fingerprint density at radius 2 is 1.85 bits per heavy atom. The highest BCUT2D eigenvalue weighted by Gasteiger charge is 2.32. The lowest BCUT2D eigenvalue weighted by Gasteiger charge is -2.28. The Hall–Kier alpha value is -1.03. The first-order valence-corrected chi connectivity index (χ1v) is 7.12. The van der Waals surface area contributed by atoms with Crippen molar-refractivity contribution in [3.63, 3.8) is 0 Å². The molecular formula is C16H22F3N. The van der Waals surface area contributed by atoms with E-state index in [1.165, 1.54) is 25.0 Å².